The third-order valence-corrected chi connectivity index (χ3v) is 3.20. The molecule has 21 heavy (non-hydrogen) atoms. The van der Waals surface area contributed by atoms with Crippen LogP contribution >= 0.6 is 0 Å². The van der Waals surface area contributed by atoms with Gasteiger partial charge in [-0.25, -0.2) is 0 Å². The van der Waals surface area contributed by atoms with Gasteiger partial charge in [-0.05, 0) is 18.2 Å². The Morgan fingerprint density at radius 3 is 2.57 bits per heavy atom. The van der Waals surface area contributed by atoms with Crippen molar-refractivity contribution in [3.8, 4) is 0 Å². The normalized spacial score (nSPS) is 13.2. The number of ether oxygens (including phenoxy) is 1. The van der Waals surface area contributed by atoms with Crippen LogP contribution in [0.1, 0.15) is 18.2 Å². The molecule has 1 unspecified atom stereocenters. The van der Waals surface area contributed by atoms with E-state index >= 15 is 0 Å². The first-order chi connectivity index (χ1) is 9.81. The van der Waals surface area contributed by atoms with Gasteiger partial charge in [0.2, 0.25) is 0 Å². The van der Waals surface area contributed by atoms with Crippen molar-refractivity contribution in [1.29, 1.82) is 0 Å². The smallest absolute Gasteiger partial charge is 0.416 e. The molecule has 0 N–H and O–H groups in total. The Hall–Kier alpha value is -2.11. The lowest BCUT2D eigenvalue weighted by atomic mass is 10.0. The number of aromatic nitrogens is 1. The number of methoxy groups -OCH3 is 1. The summed E-state index contributed by atoms with van der Waals surface area (Å²) < 4.78 is 42.7. The van der Waals surface area contributed by atoms with E-state index in [4.69, 9.17) is 0 Å². The van der Waals surface area contributed by atoms with Crippen LogP contribution in [-0.2, 0) is 22.1 Å². The van der Waals surface area contributed by atoms with Crippen molar-refractivity contribution in [3.63, 3.8) is 0 Å². The van der Waals surface area contributed by atoms with E-state index in [-0.39, 0.29) is 11.5 Å². The number of alkyl halides is 3. The molecule has 0 bridgehead atoms. The van der Waals surface area contributed by atoms with Gasteiger partial charge >= 0.3 is 12.1 Å². The van der Waals surface area contributed by atoms with Gasteiger partial charge in [-0.1, -0.05) is 19.1 Å². The van der Waals surface area contributed by atoms with Gasteiger partial charge in [0.25, 0.3) is 0 Å². The van der Waals surface area contributed by atoms with E-state index in [0.29, 0.717) is 17.5 Å². The van der Waals surface area contributed by atoms with Gasteiger partial charge < -0.3 is 4.74 Å². The lowest BCUT2D eigenvalue weighted by Crippen LogP contribution is -2.15. The molecule has 1 atom stereocenters. The molecule has 112 valence electrons. The molecule has 6 heteroatoms. The average molecular weight is 297 g/mol. The monoisotopic (exact) mass is 297 g/mol. The van der Waals surface area contributed by atoms with E-state index < -0.39 is 17.7 Å². The minimum absolute atomic E-state index is 0.263. The van der Waals surface area contributed by atoms with Gasteiger partial charge in [-0.2, -0.15) is 13.2 Å². The number of hydrogen-bond donors (Lipinski definition) is 0. The molecule has 1 heterocycles. The van der Waals surface area contributed by atoms with Gasteiger partial charge in [-0.15, -0.1) is 0 Å². The zero-order chi connectivity index (χ0) is 15.6. The first-order valence-corrected chi connectivity index (χ1v) is 6.36. The Morgan fingerprint density at radius 1 is 1.29 bits per heavy atom. The molecule has 0 aliphatic rings. The topological polar surface area (TPSA) is 39.2 Å². The maximum Gasteiger partial charge on any atom is 0.416 e. The van der Waals surface area contributed by atoms with Crippen molar-refractivity contribution in [2.75, 3.05) is 7.11 Å². The van der Waals surface area contributed by atoms with Crippen LogP contribution < -0.4 is 0 Å². The number of benzene rings is 1. The van der Waals surface area contributed by atoms with Crippen molar-refractivity contribution < 1.29 is 22.7 Å². The van der Waals surface area contributed by atoms with Crippen LogP contribution in [0, 0.1) is 5.92 Å². The highest BCUT2D eigenvalue weighted by Gasteiger charge is 2.30. The van der Waals surface area contributed by atoms with E-state index in [2.05, 4.69) is 9.72 Å². The molecule has 0 spiro atoms. The molecule has 0 aliphatic heterocycles. The molecule has 0 amide bonds. The highest BCUT2D eigenvalue weighted by Crippen LogP contribution is 2.31. The number of hydrogen-bond acceptors (Lipinski definition) is 3. The summed E-state index contributed by atoms with van der Waals surface area (Å²) in [7, 11) is 1.29. The molecular weight excluding hydrogens is 283 g/mol. The van der Waals surface area contributed by atoms with Crippen LogP contribution in [0.3, 0.4) is 0 Å². The number of halogens is 3. The van der Waals surface area contributed by atoms with Gasteiger partial charge in [-0.3, -0.25) is 9.78 Å². The number of fused-ring (bicyclic) bond motifs is 1. The largest absolute Gasteiger partial charge is 0.469 e. The van der Waals surface area contributed by atoms with E-state index in [1.165, 1.54) is 13.2 Å². The Balaban J connectivity index is 2.33. The molecule has 0 fully saturated rings. The van der Waals surface area contributed by atoms with Crippen LogP contribution in [-0.4, -0.2) is 18.1 Å². The van der Waals surface area contributed by atoms with Gasteiger partial charge in [0.1, 0.15) is 0 Å². The average Bonchev–Trinajstić information content (AvgIpc) is 2.44. The van der Waals surface area contributed by atoms with Crippen LogP contribution in [0.4, 0.5) is 13.2 Å². The van der Waals surface area contributed by atoms with Gasteiger partial charge in [0.05, 0.1) is 24.1 Å². The Kier molecular flexibility index (Phi) is 4.16. The minimum Gasteiger partial charge on any atom is -0.469 e. The molecule has 2 aromatic rings. The summed E-state index contributed by atoms with van der Waals surface area (Å²) in [6, 6.07) is 6.83. The summed E-state index contributed by atoms with van der Waals surface area (Å²) in [6.45, 7) is 1.68. The summed E-state index contributed by atoms with van der Waals surface area (Å²) in [5.74, 6) is -0.772. The molecule has 3 nitrogen and oxygen atoms in total. The molecule has 0 saturated heterocycles. The Labute approximate surface area is 119 Å². The number of nitrogens with zero attached hydrogens (tertiary/aromatic N) is 1. The fraction of sp³-hybridized carbons (Fsp3) is 0.333. The van der Waals surface area contributed by atoms with E-state index in [1.807, 2.05) is 0 Å². The Bertz CT molecular complexity index is 668. The lowest BCUT2D eigenvalue weighted by molar-refractivity contribution is -0.144. The standard InChI is InChI=1S/C15H14F3NO2/c1-9(14(20)21-2)7-12-6-4-10-3-5-11(15(16,17)18)8-13(10)19-12/h3-6,8-9H,7H2,1-2H3. The van der Waals surface area contributed by atoms with Crippen molar-refractivity contribution >= 4 is 16.9 Å². The SMILES string of the molecule is COC(=O)C(C)Cc1ccc2ccc(C(F)(F)F)cc2n1. The zero-order valence-corrected chi connectivity index (χ0v) is 11.6. The highest BCUT2D eigenvalue weighted by molar-refractivity contribution is 5.79. The van der Waals surface area contributed by atoms with Crippen molar-refractivity contribution in [1.82, 2.24) is 4.98 Å². The number of pyridine rings is 1. The number of esters is 1. The van der Waals surface area contributed by atoms with Crippen molar-refractivity contribution in [3.05, 3.63) is 41.6 Å². The van der Waals surface area contributed by atoms with Crippen LogP contribution in [0.15, 0.2) is 30.3 Å². The van der Waals surface area contributed by atoms with Crippen LogP contribution in [0.25, 0.3) is 10.9 Å². The molecular formula is C15H14F3NO2. The van der Waals surface area contributed by atoms with Crippen LogP contribution in [0.2, 0.25) is 0 Å². The zero-order valence-electron chi connectivity index (χ0n) is 11.6. The van der Waals surface area contributed by atoms with E-state index in [9.17, 15) is 18.0 Å². The summed E-state index contributed by atoms with van der Waals surface area (Å²) in [5.41, 5.74) is 0.0831. The molecule has 0 radical (unpaired) electrons. The van der Waals surface area contributed by atoms with Gasteiger partial charge in [0.15, 0.2) is 0 Å². The summed E-state index contributed by atoms with van der Waals surface area (Å²) in [4.78, 5) is 15.6. The quantitative estimate of drug-likeness (QED) is 0.812. The number of rotatable bonds is 3. The third-order valence-electron chi connectivity index (χ3n) is 3.20. The van der Waals surface area contributed by atoms with Crippen LogP contribution in [0.5, 0.6) is 0 Å². The first kappa shape index (κ1) is 15.3. The van der Waals surface area contributed by atoms with E-state index in [0.717, 1.165) is 12.1 Å². The molecule has 1 aromatic heterocycles. The second-order valence-electron chi connectivity index (χ2n) is 4.84. The fourth-order valence-corrected chi connectivity index (χ4v) is 2.05. The van der Waals surface area contributed by atoms with Crippen molar-refractivity contribution in [2.45, 2.75) is 19.5 Å². The summed E-state index contributed by atoms with van der Waals surface area (Å²) in [6.07, 6.45) is -4.08. The maximum atomic E-state index is 12.7. The number of carbonyl (C=O) groups excluding carboxylic acids is 1. The number of carbonyl (C=O) groups is 1. The van der Waals surface area contributed by atoms with Crippen molar-refractivity contribution in [2.24, 2.45) is 5.92 Å². The fourth-order valence-electron chi connectivity index (χ4n) is 2.05. The predicted molar refractivity (Wildman–Crippen MR) is 71.6 cm³/mol. The molecule has 0 saturated carbocycles. The first-order valence-electron chi connectivity index (χ1n) is 6.36. The summed E-state index contributed by atoms with van der Waals surface area (Å²) in [5, 5.41) is 0.623. The summed E-state index contributed by atoms with van der Waals surface area (Å²) >= 11 is 0. The molecule has 0 aliphatic carbocycles. The third kappa shape index (κ3) is 3.51. The Morgan fingerprint density at radius 2 is 1.95 bits per heavy atom. The second-order valence-corrected chi connectivity index (χ2v) is 4.84. The second kappa shape index (κ2) is 5.71. The van der Waals surface area contributed by atoms with E-state index in [1.54, 1.807) is 19.1 Å². The maximum absolute atomic E-state index is 12.7. The lowest BCUT2D eigenvalue weighted by Gasteiger charge is -2.10. The molecule has 1 aromatic carbocycles. The predicted octanol–water partition coefficient (Wildman–Crippen LogP) is 3.61. The highest BCUT2D eigenvalue weighted by atomic mass is 19.4. The van der Waals surface area contributed by atoms with Gasteiger partial charge in [0, 0.05) is 17.5 Å². The molecule has 2 rings (SSSR count). The minimum atomic E-state index is -4.40.